The van der Waals surface area contributed by atoms with Crippen LogP contribution >= 0.6 is 22.7 Å². The molecule has 0 radical (unpaired) electrons. The molecule has 0 saturated carbocycles. The standard InChI is InChI=1S/C19H22N2O3S2/c1-6-11-13(12-8-7-9-25-12)14-16(26-11)20-15(10(2)3)21(17(14)22)19(4,5)18(23)24/h7-10H,6H2,1-5H3,(H,23,24). The van der Waals surface area contributed by atoms with Crippen molar-refractivity contribution in [2.24, 2.45) is 0 Å². The summed E-state index contributed by atoms with van der Waals surface area (Å²) in [6.07, 6.45) is 0.799. The first kappa shape index (κ1) is 18.8. The molecule has 7 heteroatoms. The van der Waals surface area contributed by atoms with Crippen molar-refractivity contribution in [3.8, 4) is 10.4 Å². The number of hydrogen-bond donors (Lipinski definition) is 1. The maximum Gasteiger partial charge on any atom is 0.329 e. The third-order valence-corrected chi connectivity index (χ3v) is 6.63. The van der Waals surface area contributed by atoms with Crippen LogP contribution in [0.1, 0.15) is 51.2 Å². The van der Waals surface area contributed by atoms with E-state index < -0.39 is 11.5 Å². The van der Waals surface area contributed by atoms with E-state index in [0.29, 0.717) is 16.0 Å². The Bertz CT molecular complexity index is 1030. The first-order valence-corrected chi connectivity index (χ1v) is 10.3. The second-order valence-electron chi connectivity index (χ2n) is 7.04. The van der Waals surface area contributed by atoms with E-state index in [1.54, 1.807) is 25.2 Å². The number of rotatable bonds is 5. The molecule has 3 rings (SSSR count). The number of aromatic nitrogens is 2. The number of carboxylic acid groups (broad SMARTS) is 1. The first-order chi connectivity index (χ1) is 12.2. The molecule has 3 aromatic heterocycles. The Kier molecular flexibility index (Phi) is 4.79. The van der Waals surface area contributed by atoms with Crippen LogP contribution in [0.25, 0.3) is 20.7 Å². The summed E-state index contributed by atoms with van der Waals surface area (Å²) in [5.41, 5.74) is -0.741. The zero-order chi connectivity index (χ0) is 19.2. The largest absolute Gasteiger partial charge is 0.480 e. The van der Waals surface area contributed by atoms with Crippen LogP contribution in [-0.2, 0) is 16.8 Å². The molecule has 3 aromatic rings. The smallest absolute Gasteiger partial charge is 0.329 e. The number of nitrogens with zero attached hydrogens (tertiary/aromatic N) is 2. The lowest BCUT2D eigenvalue weighted by atomic mass is 10.0. The molecular weight excluding hydrogens is 368 g/mol. The lowest BCUT2D eigenvalue weighted by Crippen LogP contribution is -2.45. The predicted octanol–water partition coefficient (Wildman–Crippen LogP) is 4.69. The van der Waals surface area contributed by atoms with E-state index in [-0.39, 0.29) is 11.5 Å². The molecule has 0 aromatic carbocycles. The summed E-state index contributed by atoms with van der Waals surface area (Å²) in [6, 6.07) is 3.95. The Morgan fingerprint density at radius 1 is 1.38 bits per heavy atom. The molecule has 0 aliphatic carbocycles. The summed E-state index contributed by atoms with van der Waals surface area (Å²) in [7, 11) is 0. The van der Waals surface area contributed by atoms with Crippen LogP contribution < -0.4 is 5.56 Å². The summed E-state index contributed by atoms with van der Waals surface area (Å²) < 4.78 is 1.37. The zero-order valence-electron chi connectivity index (χ0n) is 15.5. The Morgan fingerprint density at radius 3 is 2.58 bits per heavy atom. The number of carboxylic acids is 1. The molecule has 5 nitrogen and oxygen atoms in total. The van der Waals surface area contributed by atoms with E-state index in [1.807, 2.05) is 31.4 Å². The van der Waals surface area contributed by atoms with Crippen LogP contribution in [0.2, 0.25) is 0 Å². The van der Waals surface area contributed by atoms with E-state index in [0.717, 1.165) is 21.7 Å². The summed E-state index contributed by atoms with van der Waals surface area (Å²) in [6.45, 7) is 9.01. The van der Waals surface area contributed by atoms with Gasteiger partial charge in [-0.2, -0.15) is 0 Å². The molecule has 0 amide bonds. The third-order valence-electron chi connectivity index (χ3n) is 4.51. The van der Waals surface area contributed by atoms with Crippen molar-refractivity contribution in [2.75, 3.05) is 0 Å². The second-order valence-corrected chi connectivity index (χ2v) is 9.07. The molecule has 0 saturated heterocycles. The van der Waals surface area contributed by atoms with Crippen molar-refractivity contribution in [3.05, 3.63) is 38.6 Å². The van der Waals surface area contributed by atoms with Crippen molar-refractivity contribution in [1.82, 2.24) is 9.55 Å². The van der Waals surface area contributed by atoms with Gasteiger partial charge in [0.05, 0.1) is 5.39 Å². The minimum absolute atomic E-state index is 0.0666. The van der Waals surface area contributed by atoms with Crippen LogP contribution in [-0.4, -0.2) is 20.6 Å². The molecule has 26 heavy (non-hydrogen) atoms. The minimum atomic E-state index is -1.38. The molecule has 138 valence electrons. The maximum atomic E-state index is 13.5. The van der Waals surface area contributed by atoms with Gasteiger partial charge in [0.2, 0.25) is 0 Å². The van der Waals surface area contributed by atoms with Gasteiger partial charge in [-0.15, -0.1) is 22.7 Å². The van der Waals surface area contributed by atoms with Gasteiger partial charge in [-0.25, -0.2) is 9.78 Å². The highest BCUT2D eigenvalue weighted by Crippen LogP contribution is 2.39. The molecule has 0 spiro atoms. The SMILES string of the molecule is CCc1sc2nc(C(C)C)n(C(C)(C)C(=O)O)c(=O)c2c1-c1cccs1. The number of fused-ring (bicyclic) bond motifs is 1. The number of aliphatic carboxylic acids is 1. The molecule has 0 unspecified atom stereocenters. The molecule has 0 atom stereocenters. The lowest BCUT2D eigenvalue weighted by molar-refractivity contribution is -0.146. The van der Waals surface area contributed by atoms with Crippen LogP contribution in [0.4, 0.5) is 0 Å². The molecule has 1 N–H and O–H groups in total. The summed E-state index contributed by atoms with van der Waals surface area (Å²) in [5, 5.41) is 12.2. The Balaban J connectivity index is 2.50. The van der Waals surface area contributed by atoms with Gasteiger partial charge in [0.15, 0.2) is 0 Å². The van der Waals surface area contributed by atoms with E-state index in [1.165, 1.54) is 15.9 Å². The van der Waals surface area contributed by atoms with Crippen molar-refractivity contribution >= 4 is 38.9 Å². The van der Waals surface area contributed by atoms with Crippen LogP contribution in [0, 0.1) is 0 Å². The van der Waals surface area contributed by atoms with Crippen LogP contribution in [0.3, 0.4) is 0 Å². The van der Waals surface area contributed by atoms with Crippen molar-refractivity contribution in [2.45, 2.75) is 52.5 Å². The normalized spacial score (nSPS) is 12.2. The fourth-order valence-electron chi connectivity index (χ4n) is 3.07. The van der Waals surface area contributed by atoms with Gasteiger partial charge >= 0.3 is 5.97 Å². The molecular formula is C19H22N2O3S2. The number of carbonyl (C=O) groups is 1. The quantitative estimate of drug-likeness (QED) is 0.686. The Hall–Kier alpha value is -1.99. The van der Waals surface area contributed by atoms with Crippen molar-refractivity contribution in [1.29, 1.82) is 0 Å². The van der Waals surface area contributed by atoms with E-state index in [9.17, 15) is 14.7 Å². The fourth-order valence-corrected chi connectivity index (χ4v) is 5.06. The lowest BCUT2D eigenvalue weighted by Gasteiger charge is -2.27. The molecule has 0 aliphatic rings. The highest BCUT2D eigenvalue weighted by Gasteiger charge is 2.35. The highest BCUT2D eigenvalue weighted by atomic mass is 32.1. The third kappa shape index (κ3) is 2.79. The van der Waals surface area contributed by atoms with Gasteiger partial charge in [-0.1, -0.05) is 26.8 Å². The maximum absolute atomic E-state index is 13.5. The van der Waals surface area contributed by atoms with Gasteiger partial charge in [-0.3, -0.25) is 9.36 Å². The zero-order valence-corrected chi connectivity index (χ0v) is 17.1. The van der Waals surface area contributed by atoms with E-state index >= 15 is 0 Å². The van der Waals surface area contributed by atoms with Gasteiger partial charge in [0.25, 0.3) is 5.56 Å². The fraction of sp³-hybridized carbons (Fsp3) is 0.421. The molecule has 0 bridgehead atoms. The predicted molar refractivity (Wildman–Crippen MR) is 108 cm³/mol. The van der Waals surface area contributed by atoms with Crippen molar-refractivity contribution < 1.29 is 9.90 Å². The van der Waals surface area contributed by atoms with Crippen molar-refractivity contribution in [3.63, 3.8) is 0 Å². The average molecular weight is 391 g/mol. The highest BCUT2D eigenvalue weighted by molar-refractivity contribution is 7.20. The van der Waals surface area contributed by atoms with E-state index in [4.69, 9.17) is 4.98 Å². The summed E-state index contributed by atoms with van der Waals surface area (Å²) in [5.74, 6) is -0.606. The minimum Gasteiger partial charge on any atom is -0.480 e. The number of thiophene rings is 2. The number of hydrogen-bond acceptors (Lipinski definition) is 5. The van der Waals surface area contributed by atoms with Gasteiger partial charge < -0.3 is 5.11 Å². The topological polar surface area (TPSA) is 72.2 Å². The second kappa shape index (κ2) is 6.63. The van der Waals surface area contributed by atoms with E-state index in [2.05, 4.69) is 6.92 Å². The van der Waals surface area contributed by atoms with Gasteiger partial charge in [0.1, 0.15) is 16.2 Å². The average Bonchev–Trinajstić information content (AvgIpc) is 3.20. The Morgan fingerprint density at radius 2 is 2.08 bits per heavy atom. The molecule has 0 fully saturated rings. The molecule has 3 heterocycles. The van der Waals surface area contributed by atoms with Gasteiger partial charge in [0, 0.05) is 21.2 Å². The van der Waals surface area contributed by atoms with Crippen LogP contribution in [0.15, 0.2) is 22.3 Å². The Labute approximate surface area is 160 Å². The first-order valence-electron chi connectivity index (χ1n) is 8.56. The molecule has 0 aliphatic heterocycles. The van der Waals surface area contributed by atoms with Gasteiger partial charge in [-0.05, 0) is 31.7 Å². The van der Waals surface area contributed by atoms with Crippen LogP contribution in [0.5, 0.6) is 0 Å². The number of aryl methyl sites for hydroxylation is 1. The monoisotopic (exact) mass is 390 g/mol. The summed E-state index contributed by atoms with van der Waals surface area (Å²) in [4.78, 5) is 33.0. The summed E-state index contributed by atoms with van der Waals surface area (Å²) >= 11 is 3.11.